The second-order valence-electron chi connectivity index (χ2n) is 3.84. The van der Waals surface area contributed by atoms with Gasteiger partial charge in [0.15, 0.2) is 0 Å². The Hall–Kier alpha value is -2.35. The molecule has 0 fully saturated rings. The van der Waals surface area contributed by atoms with E-state index >= 15 is 0 Å². The molecule has 0 bridgehead atoms. The van der Waals surface area contributed by atoms with Crippen molar-refractivity contribution in [2.75, 3.05) is 7.11 Å². The molecule has 1 atom stereocenters. The van der Waals surface area contributed by atoms with Gasteiger partial charge in [-0.2, -0.15) is 5.26 Å². The van der Waals surface area contributed by atoms with Crippen LogP contribution in [0.4, 0.5) is 0 Å². The number of carbonyl (C=O) groups is 2. The highest BCUT2D eigenvalue weighted by atomic mass is 16.5. The fraction of sp³-hybridized carbons (Fsp3) is 0.308. The molecule has 5 nitrogen and oxygen atoms in total. The third kappa shape index (κ3) is 3.91. The molecule has 1 rings (SSSR count). The van der Waals surface area contributed by atoms with Gasteiger partial charge in [0.2, 0.25) is 0 Å². The maximum absolute atomic E-state index is 11.8. The van der Waals surface area contributed by atoms with Crippen molar-refractivity contribution >= 4 is 11.9 Å². The smallest absolute Gasteiger partial charge is 0.307 e. The first-order valence-electron chi connectivity index (χ1n) is 5.44. The number of amides is 1. The number of esters is 1. The molecule has 0 aromatic heterocycles. The molecule has 0 aliphatic rings. The van der Waals surface area contributed by atoms with Crippen molar-refractivity contribution in [1.29, 1.82) is 5.26 Å². The van der Waals surface area contributed by atoms with Crippen molar-refractivity contribution in [3.05, 3.63) is 35.4 Å². The summed E-state index contributed by atoms with van der Waals surface area (Å²) in [5.74, 6) is -0.654. The Bertz CT molecular complexity index is 474. The fourth-order valence-electron chi connectivity index (χ4n) is 1.39. The molecule has 0 heterocycles. The average Bonchev–Trinajstić information content (AvgIpc) is 2.38. The zero-order valence-electron chi connectivity index (χ0n) is 10.3. The van der Waals surface area contributed by atoms with E-state index < -0.39 is 0 Å². The van der Waals surface area contributed by atoms with Crippen molar-refractivity contribution in [1.82, 2.24) is 5.32 Å². The van der Waals surface area contributed by atoms with Crippen LogP contribution in [0.15, 0.2) is 24.3 Å². The minimum absolute atomic E-state index is 0.124. The SMILES string of the molecule is COC(=O)C[C@@H](C)NC(=O)c1ccc(C#N)cc1. The van der Waals surface area contributed by atoms with Crippen LogP contribution in [-0.2, 0) is 9.53 Å². The van der Waals surface area contributed by atoms with E-state index in [0.717, 1.165) is 0 Å². The Balaban J connectivity index is 2.59. The number of methoxy groups -OCH3 is 1. The standard InChI is InChI=1S/C13H14N2O3/c1-9(7-12(16)18-2)15-13(17)11-5-3-10(8-14)4-6-11/h3-6,9H,7H2,1-2H3,(H,15,17)/t9-/m1/s1. The number of nitriles is 1. The van der Waals surface area contributed by atoms with Crippen molar-refractivity contribution in [2.45, 2.75) is 19.4 Å². The van der Waals surface area contributed by atoms with Crippen LogP contribution >= 0.6 is 0 Å². The molecule has 18 heavy (non-hydrogen) atoms. The molecule has 5 heteroatoms. The minimum Gasteiger partial charge on any atom is -0.469 e. The minimum atomic E-state index is -0.373. The van der Waals surface area contributed by atoms with Crippen molar-refractivity contribution in [2.24, 2.45) is 0 Å². The molecule has 1 aromatic rings. The van der Waals surface area contributed by atoms with Gasteiger partial charge in [0.1, 0.15) is 0 Å². The molecule has 0 saturated heterocycles. The molecule has 0 spiro atoms. The topological polar surface area (TPSA) is 79.2 Å². The van der Waals surface area contributed by atoms with Crippen molar-refractivity contribution in [3.63, 3.8) is 0 Å². The molecule has 0 aliphatic carbocycles. The molecule has 1 aromatic carbocycles. The largest absolute Gasteiger partial charge is 0.469 e. The van der Waals surface area contributed by atoms with Gasteiger partial charge in [-0.15, -0.1) is 0 Å². The maximum Gasteiger partial charge on any atom is 0.307 e. The Morgan fingerprint density at radius 1 is 1.39 bits per heavy atom. The van der Waals surface area contributed by atoms with E-state index in [1.165, 1.54) is 7.11 Å². The van der Waals surface area contributed by atoms with Crippen LogP contribution in [0.1, 0.15) is 29.3 Å². The van der Waals surface area contributed by atoms with Crippen LogP contribution in [0.2, 0.25) is 0 Å². The van der Waals surface area contributed by atoms with E-state index in [-0.39, 0.29) is 24.3 Å². The second-order valence-corrected chi connectivity index (χ2v) is 3.84. The summed E-state index contributed by atoms with van der Waals surface area (Å²) in [5, 5.41) is 11.3. The van der Waals surface area contributed by atoms with Gasteiger partial charge in [0, 0.05) is 11.6 Å². The van der Waals surface area contributed by atoms with Crippen LogP contribution < -0.4 is 5.32 Å². The fourth-order valence-corrected chi connectivity index (χ4v) is 1.39. The normalized spacial score (nSPS) is 11.2. The van der Waals surface area contributed by atoms with Crippen molar-refractivity contribution in [3.8, 4) is 6.07 Å². The summed E-state index contributed by atoms with van der Waals surface area (Å²) in [4.78, 5) is 22.8. The number of benzene rings is 1. The first-order chi connectivity index (χ1) is 8.56. The number of ether oxygens (including phenoxy) is 1. The zero-order valence-corrected chi connectivity index (χ0v) is 10.3. The Morgan fingerprint density at radius 3 is 2.50 bits per heavy atom. The van der Waals surface area contributed by atoms with Crippen LogP contribution in [0.5, 0.6) is 0 Å². The van der Waals surface area contributed by atoms with E-state index in [2.05, 4.69) is 10.1 Å². The molecular formula is C13H14N2O3. The van der Waals surface area contributed by atoms with Gasteiger partial charge in [-0.3, -0.25) is 9.59 Å². The van der Waals surface area contributed by atoms with E-state index in [1.54, 1.807) is 31.2 Å². The summed E-state index contributed by atoms with van der Waals surface area (Å²) < 4.78 is 4.51. The molecule has 94 valence electrons. The first-order valence-corrected chi connectivity index (χ1v) is 5.44. The van der Waals surface area contributed by atoms with Gasteiger partial charge in [0.25, 0.3) is 5.91 Å². The summed E-state index contributed by atoms with van der Waals surface area (Å²) in [7, 11) is 1.30. The summed E-state index contributed by atoms with van der Waals surface area (Å²) in [6, 6.07) is 7.94. The molecule has 0 saturated carbocycles. The number of nitrogens with zero attached hydrogens (tertiary/aromatic N) is 1. The van der Waals surface area contributed by atoms with Crippen LogP contribution in [0.25, 0.3) is 0 Å². The summed E-state index contributed by atoms with van der Waals surface area (Å²) in [6.07, 6.45) is 0.124. The Kier molecular flexibility index (Phi) is 4.88. The first kappa shape index (κ1) is 13.7. The molecule has 1 amide bonds. The molecule has 0 unspecified atom stereocenters. The van der Waals surface area contributed by atoms with E-state index in [1.807, 2.05) is 6.07 Å². The van der Waals surface area contributed by atoms with Gasteiger partial charge in [-0.05, 0) is 31.2 Å². The van der Waals surface area contributed by atoms with Crippen molar-refractivity contribution < 1.29 is 14.3 Å². The Morgan fingerprint density at radius 2 is 2.00 bits per heavy atom. The van der Waals surface area contributed by atoms with Crippen LogP contribution in [0.3, 0.4) is 0 Å². The van der Waals surface area contributed by atoms with Gasteiger partial charge in [-0.25, -0.2) is 0 Å². The highest BCUT2D eigenvalue weighted by molar-refractivity contribution is 5.94. The molecular weight excluding hydrogens is 232 g/mol. The average molecular weight is 246 g/mol. The number of hydrogen-bond acceptors (Lipinski definition) is 4. The molecule has 1 N–H and O–H groups in total. The Labute approximate surface area is 105 Å². The lowest BCUT2D eigenvalue weighted by molar-refractivity contribution is -0.141. The third-order valence-electron chi connectivity index (χ3n) is 2.35. The highest BCUT2D eigenvalue weighted by Gasteiger charge is 2.13. The van der Waals surface area contributed by atoms with Gasteiger partial charge in [0.05, 0.1) is 25.2 Å². The lowest BCUT2D eigenvalue weighted by Crippen LogP contribution is -2.34. The summed E-state index contributed by atoms with van der Waals surface area (Å²) in [6.45, 7) is 1.72. The predicted molar refractivity (Wildman–Crippen MR) is 64.7 cm³/mol. The quantitative estimate of drug-likeness (QED) is 0.810. The van der Waals surface area contributed by atoms with Crippen LogP contribution in [0, 0.1) is 11.3 Å². The summed E-state index contributed by atoms with van der Waals surface area (Å²) >= 11 is 0. The maximum atomic E-state index is 11.8. The van der Waals surface area contributed by atoms with Gasteiger partial charge < -0.3 is 10.1 Å². The van der Waals surface area contributed by atoms with Crippen LogP contribution in [-0.4, -0.2) is 25.0 Å². The lowest BCUT2D eigenvalue weighted by atomic mass is 10.1. The highest BCUT2D eigenvalue weighted by Crippen LogP contribution is 2.04. The second kappa shape index (κ2) is 6.40. The lowest BCUT2D eigenvalue weighted by Gasteiger charge is -2.12. The van der Waals surface area contributed by atoms with E-state index in [9.17, 15) is 9.59 Å². The number of rotatable bonds is 4. The van der Waals surface area contributed by atoms with E-state index in [0.29, 0.717) is 11.1 Å². The molecule has 0 aliphatic heterocycles. The third-order valence-corrected chi connectivity index (χ3v) is 2.35. The number of nitrogens with one attached hydrogen (secondary N) is 1. The van der Waals surface area contributed by atoms with E-state index in [4.69, 9.17) is 5.26 Å². The predicted octanol–water partition coefficient (Wildman–Crippen LogP) is 1.24. The van der Waals surface area contributed by atoms with Gasteiger partial charge >= 0.3 is 5.97 Å². The zero-order chi connectivity index (χ0) is 13.5. The van der Waals surface area contributed by atoms with Gasteiger partial charge in [-0.1, -0.05) is 0 Å². The molecule has 0 radical (unpaired) electrons. The summed E-state index contributed by atoms with van der Waals surface area (Å²) in [5.41, 5.74) is 0.944. The number of hydrogen-bond donors (Lipinski definition) is 1. The number of carbonyl (C=O) groups excluding carboxylic acids is 2. The monoisotopic (exact) mass is 246 g/mol.